The van der Waals surface area contributed by atoms with Crippen LogP contribution >= 0.6 is 0 Å². The van der Waals surface area contributed by atoms with Crippen LogP contribution in [-0.2, 0) is 4.79 Å². The summed E-state index contributed by atoms with van der Waals surface area (Å²) in [5.74, 6) is -0.708. The van der Waals surface area contributed by atoms with Gasteiger partial charge in [-0.15, -0.1) is 0 Å². The minimum Gasteiger partial charge on any atom is -0.365 e. The van der Waals surface area contributed by atoms with E-state index in [2.05, 4.69) is 0 Å². The maximum absolute atomic E-state index is 11.0. The molecule has 0 spiro atoms. The Kier molecular flexibility index (Phi) is 2.89. The Morgan fingerprint density at radius 1 is 1.18 bits per heavy atom. The first-order valence-electron chi connectivity index (χ1n) is 5.12. The molecule has 0 aromatic heterocycles. The number of carbonyl (C=O) groups is 1. The molecule has 0 bridgehead atoms. The Morgan fingerprint density at radius 2 is 1.88 bits per heavy atom. The number of hydrogen-bond donors (Lipinski definition) is 1. The first-order chi connectivity index (χ1) is 8.22. The van der Waals surface area contributed by atoms with Crippen molar-refractivity contribution in [3.8, 4) is 6.07 Å². The van der Waals surface area contributed by atoms with Gasteiger partial charge >= 0.3 is 0 Å². The Bertz CT molecular complexity index is 645. The number of rotatable bonds is 2. The average molecular weight is 222 g/mol. The van der Waals surface area contributed by atoms with Crippen molar-refractivity contribution >= 4 is 22.8 Å². The van der Waals surface area contributed by atoms with Crippen LogP contribution in [0.2, 0.25) is 0 Å². The van der Waals surface area contributed by atoms with Crippen LogP contribution in [0.1, 0.15) is 5.56 Å². The predicted molar refractivity (Wildman–Crippen MR) is 66.7 cm³/mol. The summed E-state index contributed by atoms with van der Waals surface area (Å²) in [5.41, 5.74) is 5.89. The molecule has 3 heteroatoms. The fraction of sp³-hybridized carbons (Fsp3) is 0. The van der Waals surface area contributed by atoms with Gasteiger partial charge in [0.05, 0.1) is 0 Å². The van der Waals surface area contributed by atoms with Crippen molar-refractivity contribution in [2.45, 2.75) is 0 Å². The van der Waals surface area contributed by atoms with Gasteiger partial charge in [0, 0.05) is 0 Å². The maximum Gasteiger partial charge on any atom is 0.259 e. The van der Waals surface area contributed by atoms with Gasteiger partial charge in [-0.3, -0.25) is 4.79 Å². The zero-order valence-electron chi connectivity index (χ0n) is 9.05. The normalized spacial score (nSPS) is 11.1. The summed E-state index contributed by atoms with van der Waals surface area (Å²) >= 11 is 0. The zero-order valence-corrected chi connectivity index (χ0v) is 9.05. The molecular weight excluding hydrogens is 212 g/mol. The van der Waals surface area contributed by atoms with Crippen molar-refractivity contribution in [3.63, 3.8) is 0 Å². The number of hydrogen-bond acceptors (Lipinski definition) is 2. The van der Waals surface area contributed by atoms with E-state index in [9.17, 15) is 4.79 Å². The van der Waals surface area contributed by atoms with Gasteiger partial charge in [0.1, 0.15) is 11.6 Å². The molecule has 1 amide bonds. The predicted octanol–water partition coefficient (Wildman–Crippen LogP) is 2.23. The molecule has 17 heavy (non-hydrogen) atoms. The SMILES string of the molecule is N#CC(=Cc1cccc2ccccc12)C(N)=O. The van der Waals surface area contributed by atoms with Gasteiger partial charge in [0.25, 0.3) is 5.91 Å². The largest absolute Gasteiger partial charge is 0.365 e. The van der Waals surface area contributed by atoms with E-state index in [1.54, 1.807) is 6.07 Å². The second kappa shape index (κ2) is 4.50. The highest BCUT2D eigenvalue weighted by Gasteiger charge is 2.04. The minimum atomic E-state index is -0.708. The third-order valence-electron chi connectivity index (χ3n) is 2.51. The van der Waals surface area contributed by atoms with Crippen LogP contribution in [-0.4, -0.2) is 5.91 Å². The zero-order chi connectivity index (χ0) is 12.3. The molecule has 0 aliphatic rings. The minimum absolute atomic E-state index is 0.0404. The van der Waals surface area contributed by atoms with Crippen LogP contribution in [0.4, 0.5) is 0 Å². The molecule has 3 nitrogen and oxygen atoms in total. The highest BCUT2D eigenvalue weighted by molar-refractivity contribution is 6.03. The molecule has 2 rings (SSSR count). The summed E-state index contributed by atoms with van der Waals surface area (Å²) in [6, 6.07) is 15.3. The molecule has 0 aliphatic carbocycles. The number of carbonyl (C=O) groups excluding carboxylic acids is 1. The van der Waals surface area contributed by atoms with Gasteiger partial charge in [-0.05, 0) is 22.4 Å². The number of benzene rings is 2. The molecular formula is C14H10N2O. The van der Waals surface area contributed by atoms with E-state index in [1.807, 2.05) is 42.5 Å². The van der Waals surface area contributed by atoms with E-state index in [0.717, 1.165) is 16.3 Å². The second-order valence-corrected chi connectivity index (χ2v) is 3.60. The second-order valence-electron chi connectivity index (χ2n) is 3.60. The fourth-order valence-electron chi connectivity index (χ4n) is 1.69. The molecule has 0 saturated heterocycles. The van der Waals surface area contributed by atoms with Crippen LogP contribution < -0.4 is 5.73 Å². The van der Waals surface area contributed by atoms with Gasteiger partial charge in [-0.25, -0.2) is 0 Å². The van der Waals surface area contributed by atoms with Crippen LogP contribution in [0, 0.1) is 11.3 Å². The van der Waals surface area contributed by atoms with Crippen molar-refractivity contribution in [2.75, 3.05) is 0 Å². The molecule has 82 valence electrons. The molecule has 0 heterocycles. The Labute approximate surface area is 98.8 Å². The van der Waals surface area contributed by atoms with Crippen molar-refractivity contribution in [1.29, 1.82) is 5.26 Å². The average Bonchev–Trinajstić information content (AvgIpc) is 2.35. The van der Waals surface area contributed by atoms with Gasteiger partial charge in [-0.2, -0.15) is 5.26 Å². The number of amides is 1. The van der Waals surface area contributed by atoms with E-state index < -0.39 is 5.91 Å². The van der Waals surface area contributed by atoms with Crippen molar-refractivity contribution in [2.24, 2.45) is 5.73 Å². The molecule has 0 radical (unpaired) electrons. The number of fused-ring (bicyclic) bond motifs is 1. The molecule has 2 aromatic carbocycles. The quantitative estimate of drug-likeness (QED) is 0.625. The van der Waals surface area contributed by atoms with Gasteiger partial charge in [-0.1, -0.05) is 42.5 Å². The van der Waals surface area contributed by atoms with Crippen LogP contribution in [0.3, 0.4) is 0 Å². The lowest BCUT2D eigenvalue weighted by Crippen LogP contribution is -2.12. The number of nitriles is 1. The smallest absolute Gasteiger partial charge is 0.259 e. The van der Waals surface area contributed by atoms with Crippen LogP contribution in [0.15, 0.2) is 48.0 Å². The molecule has 0 unspecified atom stereocenters. The lowest BCUT2D eigenvalue weighted by Gasteiger charge is -2.02. The van der Waals surface area contributed by atoms with E-state index in [4.69, 9.17) is 11.0 Å². The molecule has 2 N–H and O–H groups in total. The van der Waals surface area contributed by atoms with Crippen molar-refractivity contribution < 1.29 is 4.79 Å². The Morgan fingerprint density at radius 3 is 2.59 bits per heavy atom. The summed E-state index contributed by atoms with van der Waals surface area (Å²) in [6.45, 7) is 0. The highest BCUT2D eigenvalue weighted by atomic mass is 16.1. The number of nitrogens with zero attached hydrogens (tertiary/aromatic N) is 1. The summed E-state index contributed by atoms with van der Waals surface area (Å²) < 4.78 is 0. The first kappa shape index (κ1) is 10.9. The third kappa shape index (κ3) is 2.16. The van der Waals surface area contributed by atoms with E-state index in [-0.39, 0.29) is 5.57 Å². The van der Waals surface area contributed by atoms with E-state index in [0.29, 0.717) is 0 Å². The topological polar surface area (TPSA) is 66.9 Å². The highest BCUT2D eigenvalue weighted by Crippen LogP contribution is 2.20. The number of nitrogens with two attached hydrogens (primary N) is 1. The summed E-state index contributed by atoms with van der Waals surface area (Å²) in [5, 5.41) is 10.9. The van der Waals surface area contributed by atoms with Gasteiger partial charge in [0.2, 0.25) is 0 Å². The summed E-state index contributed by atoms with van der Waals surface area (Å²) in [7, 11) is 0. The Balaban J connectivity index is 2.65. The maximum atomic E-state index is 11.0. The molecule has 0 saturated carbocycles. The van der Waals surface area contributed by atoms with Crippen molar-refractivity contribution in [3.05, 3.63) is 53.6 Å². The standard InChI is InChI=1S/C14H10N2O/c15-9-12(14(16)17)8-11-6-3-5-10-4-1-2-7-13(10)11/h1-8H,(H2,16,17). The van der Waals surface area contributed by atoms with Crippen LogP contribution in [0.5, 0.6) is 0 Å². The van der Waals surface area contributed by atoms with Gasteiger partial charge in [0.15, 0.2) is 0 Å². The third-order valence-corrected chi connectivity index (χ3v) is 2.51. The van der Waals surface area contributed by atoms with Crippen molar-refractivity contribution in [1.82, 2.24) is 0 Å². The lowest BCUT2D eigenvalue weighted by atomic mass is 10.0. The van der Waals surface area contributed by atoms with E-state index in [1.165, 1.54) is 6.08 Å². The molecule has 2 aromatic rings. The fourth-order valence-corrected chi connectivity index (χ4v) is 1.69. The monoisotopic (exact) mass is 222 g/mol. The molecule has 0 aliphatic heterocycles. The lowest BCUT2D eigenvalue weighted by molar-refractivity contribution is -0.114. The van der Waals surface area contributed by atoms with E-state index >= 15 is 0 Å². The number of primary amides is 1. The molecule has 0 atom stereocenters. The summed E-state index contributed by atoms with van der Waals surface area (Å²) in [6.07, 6.45) is 1.52. The van der Waals surface area contributed by atoms with Gasteiger partial charge < -0.3 is 5.73 Å². The summed E-state index contributed by atoms with van der Waals surface area (Å²) in [4.78, 5) is 11.0. The van der Waals surface area contributed by atoms with Crippen LogP contribution in [0.25, 0.3) is 16.8 Å². The Hall–Kier alpha value is -2.60. The first-order valence-corrected chi connectivity index (χ1v) is 5.12. The molecule has 0 fully saturated rings.